The number of aromatic carboxylic acids is 1. The first kappa shape index (κ1) is 17.4. The average Bonchev–Trinajstić information content (AvgIpc) is 2.71. The number of hydrogen-bond donors (Lipinski definition) is 1. The fourth-order valence-electron chi connectivity index (χ4n) is 5.19. The fourth-order valence-corrected chi connectivity index (χ4v) is 5.19. The lowest BCUT2D eigenvalue weighted by molar-refractivity contribution is -0.248. The van der Waals surface area contributed by atoms with Crippen molar-refractivity contribution < 1.29 is 23.1 Å². The highest BCUT2D eigenvalue weighted by molar-refractivity contribution is 6.05. The normalized spacial score (nSPS) is 27.5. The van der Waals surface area contributed by atoms with Gasteiger partial charge in [-0.05, 0) is 44.7 Å². The van der Waals surface area contributed by atoms with Crippen molar-refractivity contribution in [2.24, 2.45) is 5.41 Å². The van der Waals surface area contributed by atoms with Crippen LogP contribution in [0.15, 0.2) is 24.3 Å². The van der Waals surface area contributed by atoms with Gasteiger partial charge in [0.1, 0.15) is 0 Å². The molecule has 2 bridgehead atoms. The van der Waals surface area contributed by atoms with Gasteiger partial charge in [0.05, 0.1) is 12.1 Å². The number of para-hydroxylation sites is 1. The molecule has 26 heavy (non-hydrogen) atoms. The molecule has 1 aromatic carbocycles. The van der Waals surface area contributed by atoms with Crippen LogP contribution >= 0.6 is 0 Å². The second-order valence-corrected chi connectivity index (χ2v) is 8.09. The van der Waals surface area contributed by atoms with Gasteiger partial charge in [0.2, 0.25) is 0 Å². The van der Waals surface area contributed by atoms with Crippen LogP contribution in [0.4, 0.5) is 13.2 Å². The summed E-state index contributed by atoms with van der Waals surface area (Å²) in [7, 11) is 1.55. The Morgan fingerprint density at radius 3 is 2.46 bits per heavy atom. The van der Waals surface area contributed by atoms with Gasteiger partial charge in [-0.25, -0.2) is 4.79 Å². The molecule has 3 aliphatic rings. The summed E-state index contributed by atoms with van der Waals surface area (Å²) in [4.78, 5) is 13.1. The highest BCUT2D eigenvalue weighted by Gasteiger charge is 2.69. The van der Waals surface area contributed by atoms with Crippen molar-refractivity contribution in [3.05, 3.63) is 35.5 Å². The second-order valence-electron chi connectivity index (χ2n) is 8.09. The molecule has 7 heteroatoms. The Morgan fingerprint density at radius 2 is 1.88 bits per heavy atom. The van der Waals surface area contributed by atoms with Crippen LogP contribution in [0.25, 0.3) is 10.9 Å². The average molecular weight is 366 g/mol. The van der Waals surface area contributed by atoms with Crippen molar-refractivity contribution in [2.45, 2.75) is 44.4 Å². The lowest BCUT2D eigenvalue weighted by Crippen LogP contribution is -2.75. The van der Waals surface area contributed by atoms with E-state index in [-0.39, 0.29) is 11.0 Å². The molecule has 5 rings (SSSR count). The van der Waals surface area contributed by atoms with Crippen LogP contribution in [0.1, 0.15) is 35.3 Å². The number of rotatable bonds is 5. The van der Waals surface area contributed by atoms with Crippen LogP contribution in [-0.2, 0) is 6.54 Å². The molecular formula is C19H21F3N2O2. The van der Waals surface area contributed by atoms with Crippen molar-refractivity contribution in [3.8, 4) is 0 Å². The summed E-state index contributed by atoms with van der Waals surface area (Å²) in [6.07, 6.45) is -1.97. The molecule has 3 saturated carbocycles. The first-order valence-corrected chi connectivity index (χ1v) is 8.65. The van der Waals surface area contributed by atoms with Crippen molar-refractivity contribution in [2.75, 3.05) is 13.6 Å². The van der Waals surface area contributed by atoms with Gasteiger partial charge in [0.15, 0.2) is 0 Å². The summed E-state index contributed by atoms with van der Waals surface area (Å²) in [5.41, 5.74) is 1.56. The van der Waals surface area contributed by atoms with Gasteiger partial charge in [0.25, 0.3) is 0 Å². The fraction of sp³-hybridized carbons (Fsp3) is 0.526. The minimum Gasteiger partial charge on any atom is -0.478 e. The van der Waals surface area contributed by atoms with Crippen LogP contribution in [-0.4, -0.2) is 45.9 Å². The SMILES string of the molecule is Cc1c(C(=O)O)c2ccccc2n1CC12CC(N(C)CC(F)(F)F)(C1)C2. The second kappa shape index (κ2) is 5.25. The van der Waals surface area contributed by atoms with Crippen LogP contribution in [0.3, 0.4) is 0 Å². The molecule has 4 nitrogen and oxygen atoms in total. The molecule has 1 heterocycles. The number of fused-ring (bicyclic) bond motifs is 1. The summed E-state index contributed by atoms with van der Waals surface area (Å²) >= 11 is 0. The van der Waals surface area contributed by atoms with E-state index in [0.717, 1.165) is 24.8 Å². The molecule has 0 spiro atoms. The topological polar surface area (TPSA) is 45.5 Å². The maximum absolute atomic E-state index is 12.7. The zero-order valence-electron chi connectivity index (χ0n) is 14.7. The molecule has 0 saturated heterocycles. The van der Waals surface area contributed by atoms with Crippen LogP contribution in [0, 0.1) is 12.3 Å². The number of benzene rings is 1. The molecule has 0 radical (unpaired) electrons. The maximum atomic E-state index is 12.7. The zero-order chi connectivity index (χ0) is 18.9. The highest BCUT2D eigenvalue weighted by atomic mass is 19.4. The first-order valence-electron chi connectivity index (χ1n) is 8.65. The highest BCUT2D eigenvalue weighted by Crippen LogP contribution is 2.70. The van der Waals surface area contributed by atoms with Crippen LogP contribution < -0.4 is 0 Å². The number of nitrogens with zero attached hydrogens (tertiary/aromatic N) is 2. The largest absolute Gasteiger partial charge is 0.478 e. The van der Waals surface area contributed by atoms with Crippen molar-refractivity contribution in [1.29, 1.82) is 0 Å². The van der Waals surface area contributed by atoms with E-state index in [9.17, 15) is 23.1 Å². The third-order valence-electron chi connectivity index (χ3n) is 6.28. The predicted molar refractivity (Wildman–Crippen MR) is 91.3 cm³/mol. The van der Waals surface area contributed by atoms with Gasteiger partial charge in [-0.3, -0.25) is 4.90 Å². The third-order valence-corrected chi connectivity index (χ3v) is 6.28. The number of aromatic nitrogens is 1. The maximum Gasteiger partial charge on any atom is 0.401 e. The molecule has 1 aromatic heterocycles. The Balaban J connectivity index is 1.56. The Hall–Kier alpha value is -2.02. The van der Waals surface area contributed by atoms with Crippen molar-refractivity contribution in [1.82, 2.24) is 9.47 Å². The van der Waals surface area contributed by atoms with Crippen LogP contribution in [0.5, 0.6) is 0 Å². The zero-order valence-corrected chi connectivity index (χ0v) is 14.7. The summed E-state index contributed by atoms with van der Waals surface area (Å²) in [6, 6.07) is 7.42. The molecule has 140 valence electrons. The van der Waals surface area contributed by atoms with E-state index in [1.54, 1.807) is 14.0 Å². The van der Waals surface area contributed by atoms with E-state index in [0.29, 0.717) is 23.2 Å². The molecule has 2 aromatic rings. The Kier molecular flexibility index (Phi) is 3.51. The van der Waals surface area contributed by atoms with Crippen LogP contribution in [0.2, 0.25) is 0 Å². The quantitative estimate of drug-likeness (QED) is 0.868. The number of carboxylic acid groups (broad SMARTS) is 1. The number of halogens is 3. The van der Waals surface area contributed by atoms with Crippen molar-refractivity contribution in [3.63, 3.8) is 0 Å². The standard InChI is InChI=1S/C19H21F3N2O2/c1-12-15(16(25)26)13-5-3-4-6-14(13)24(12)10-17-7-18(8-17,9-17)23(2)11-19(20,21)22/h3-6H,7-11H2,1-2H3,(H,25,26). The van der Waals surface area contributed by atoms with E-state index in [4.69, 9.17) is 0 Å². The number of alkyl halides is 3. The molecule has 3 aliphatic carbocycles. The molecule has 3 fully saturated rings. The molecular weight excluding hydrogens is 345 g/mol. The minimum absolute atomic E-state index is 0.0117. The summed E-state index contributed by atoms with van der Waals surface area (Å²) in [5.74, 6) is -0.948. The van der Waals surface area contributed by atoms with Gasteiger partial charge < -0.3 is 9.67 Å². The molecule has 0 unspecified atom stereocenters. The molecule has 1 N–H and O–H groups in total. The summed E-state index contributed by atoms with van der Waals surface area (Å²) in [6.45, 7) is 1.59. The van der Waals surface area contributed by atoms with E-state index in [2.05, 4.69) is 0 Å². The van der Waals surface area contributed by atoms with E-state index >= 15 is 0 Å². The minimum atomic E-state index is -4.18. The van der Waals surface area contributed by atoms with Gasteiger partial charge in [0, 0.05) is 28.7 Å². The third kappa shape index (κ3) is 2.44. The Morgan fingerprint density at radius 1 is 1.27 bits per heavy atom. The van der Waals surface area contributed by atoms with E-state index < -0.39 is 18.7 Å². The lowest BCUT2D eigenvalue weighted by atomic mass is 9.38. The number of hydrogen-bond acceptors (Lipinski definition) is 2. The Labute approximate surface area is 149 Å². The van der Waals surface area contributed by atoms with E-state index in [1.807, 2.05) is 28.8 Å². The predicted octanol–water partition coefficient (Wildman–Crippen LogP) is 4.06. The lowest BCUT2D eigenvalue weighted by Gasteiger charge is -2.74. The van der Waals surface area contributed by atoms with Gasteiger partial charge >= 0.3 is 12.1 Å². The van der Waals surface area contributed by atoms with Crippen molar-refractivity contribution >= 4 is 16.9 Å². The summed E-state index contributed by atoms with van der Waals surface area (Å²) in [5, 5.41) is 10.3. The molecule has 0 amide bonds. The monoisotopic (exact) mass is 366 g/mol. The first-order chi connectivity index (χ1) is 12.1. The molecule has 0 aliphatic heterocycles. The number of carboxylic acids is 1. The van der Waals surface area contributed by atoms with Gasteiger partial charge in [-0.15, -0.1) is 0 Å². The van der Waals surface area contributed by atoms with Gasteiger partial charge in [-0.1, -0.05) is 18.2 Å². The van der Waals surface area contributed by atoms with Gasteiger partial charge in [-0.2, -0.15) is 13.2 Å². The van der Waals surface area contributed by atoms with E-state index in [1.165, 1.54) is 4.90 Å². The Bertz CT molecular complexity index is 880. The smallest absolute Gasteiger partial charge is 0.401 e. The molecule has 0 atom stereocenters. The number of carbonyl (C=O) groups is 1. The summed E-state index contributed by atoms with van der Waals surface area (Å²) < 4.78 is 40.0.